The zero-order valence-corrected chi connectivity index (χ0v) is 12.1. The van der Waals surface area contributed by atoms with Gasteiger partial charge in [-0.1, -0.05) is 0 Å². The molecule has 0 aliphatic carbocycles. The standard InChI is InChI=1S/C11H14F2N2O5S/c1-7(2)14(3-4-16)21(19,20)11-6-10(15(17)18)8(12)5-9(11)13/h5-7,16H,3-4H2,1-2H3. The third kappa shape index (κ3) is 3.52. The van der Waals surface area contributed by atoms with Gasteiger partial charge in [0.1, 0.15) is 10.7 Å². The molecule has 0 saturated heterocycles. The van der Waals surface area contributed by atoms with Crippen LogP contribution in [0.25, 0.3) is 0 Å². The molecule has 0 spiro atoms. The maximum absolute atomic E-state index is 13.7. The van der Waals surface area contributed by atoms with Gasteiger partial charge < -0.3 is 5.11 Å². The van der Waals surface area contributed by atoms with Crippen LogP contribution in [0.3, 0.4) is 0 Å². The van der Waals surface area contributed by atoms with E-state index in [0.717, 1.165) is 4.31 Å². The number of benzene rings is 1. The number of nitrogens with zero attached hydrogens (tertiary/aromatic N) is 2. The molecule has 21 heavy (non-hydrogen) atoms. The molecule has 7 nitrogen and oxygen atoms in total. The lowest BCUT2D eigenvalue weighted by Crippen LogP contribution is -2.39. The second-order valence-corrected chi connectivity index (χ2v) is 6.28. The Morgan fingerprint density at radius 1 is 1.33 bits per heavy atom. The van der Waals surface area contributed by atoms with E-state index in [1.54, 1.807) is 0 Å². The van der Waals surface area contributed by atoms with Crippen molar-refractivity contribution < 1.29 is 27.2 Å². The molecule has 118 valence electrons. The molecule has 0 radical (unpaired) electrons. The van der Waals surface area contributed by atoms with Gasteiger partial charge in [-0.15, -0.1) is 0 Å². The third-order valence-electron chi connectivity index (χ3n) is 2.68. The molecule has 0 fully saturated rings. The Hall–Kier alpha value is -1.65. The highest BCUT2D eigenvalue weighted by Gasteiger charge is 2.32. The summed E-state index contributed by atoms with van der Waals surface area (Å²) in [5.41, 5.74) is -1.14. The van der Waals surface area contributed by atoms with E-state index in [-0.39, 0.29) is 12.6 Å². The molecule has 0 aromatic heterocycles. The van der Waals surface area contributed by atoms with Crippen LogP contribution in [0.4, 0.5) is 14.5 Å². The third-order valence-corrected chi connectivity index (χ3v) is 4.77. The quantitative estimate of drug-likeness (QED) is 0.627. The average molecular weight is 324 g/mol. The van der Waals surface area contributed by atoms with Gasteiger partial charge in [0.25, 0.3) is 0 Å². The lowest BCUT2D eigenvalue weighted by atomic mass is 10.3. The Bertz CT molecular complexity index is 648. The summed E-state index contributed by atoms with van der Waals surface area (Å²) in [6, 6.07) is -0.124. The normalized spacial score (nSPS) is 12.1. The second-order valence-electron chi connectivity index (χ2n) is 4.42. The predicted octanol–water partition coefficient (Wildman–Crippen LogP) is 1.26. The molecule has 0 amide bonds. The number of nitro benzene ring substituents is 1. The lowest BCUT2D eigenvalue weighted by Gasteiger charge is -2.25. The van der Waals surface area contributed by atoms with Gasteiger partial charge in [0, 0.05) is 24.7 Å². The van der Waals surface area contributed by atoms with Crippen molar-refractivity contribution >= 4 is 15.7 Å². The molecule has 1 aromatic rings. The van der Waals surface area contributed by atoms with E-state index in [9.17, 15) is 27.3 Å². The molecular weight excluding hydrogens is 310 g/mol. The SMILES string of the molecule is CC(C)N(CCO)S(=O)(=O)c1cc([N+](=O)[O-])c(F)cc1F. The summed E-state index contributed by atoms with van der Waals surface area (Å²) in [7, 11) is -4.44. The Kier molecular flexibility index (Phi) is 5.31. The predicted molar refractivity (Wildman–Crippen MR) is 69.1 cm³/mol. The van der Waals surface area contributed by atoms with Gasteiger partial charge in [-0.2, -0.15) is 8.70 Å². The minimum Gasteiger partial charge on any atom is -0.395 e. The molecule has 0 aliphatic heterocycles. The first kappa shape index (κ1) is 17.4. The molecule has 0 bridgehead atoms. The zero-order chi connectivity index (χ0) is 16.4. The zero-order valence-electron chi connectivity index (χ0n) is 11.3. The van der Waals surface area contributed by atoms with Gasteiger partial charge >= 0.3 is 5.69 Å². The molecule has 1 rings (SSSR count). The van der Waals surface area contributed by atoms with E-state index in [2.05, 4.69) is 0 Å². The van der Waals surface area contributed by atoms with Gasteiger partial charge in [0.05, 0.1) is 11.5 Å². The number of hydrogen-bond acceptors (Lipinski definition) is 5. The van der Waals surface area contributed by atoms with Crippen LogP contribution in [0.5, 0.6) is 0 Å². The number of halogens is 2. The molecule has 0 unspecified atom stereocenters. The van der Waals surface area contributed by atoms with Crippen molar-refractivity contribution in [3.8, 4) is 0 Å². The fourth-order valence-electron chi connectivity index (χ4n) is 1.74. The average Bonchev–Trinajstić information content (AvgIpc) is 2.34. The molecule has 0 saturated carbocycles. The van der Waals surface area contributed by atoms with E-state index in [0.29, 0.717) is 6.07 Å². The van der Waals surface area contributed by atoms with Crippen LogP contribution in [-0.2, 0) is 10.0 Å². The summed E-state index contributed by atoms with van der Waals surface area (Å²) in [4.78, 5) is 8.49. The minimum absolute atomic E-state index is 0.155. The van der Waals surface area contributed by atoms with Crippen molar-refractivity contribution in [2.24, 2.45) is 0 Å². The lowest BCUT2D eigenvalue weighted by molar-refractivity contribution is -0.387. The maximum Gasteiger partial charge on any atom is 0.306 e. The van der Waals surface area contributed by atoms with E-state index >= 15 is 0 Å². The van der Waals surface area contributed by atoms with Crippen LogP contribution in [0.1, 0.15) is 13.8 Å². The number of sulfonamides is 1. The van der Waals surface area contributed by atoms with Crippen molar-refractivity contribution in [3.63, 3.8) is 0 Å². The fourth-order valence-corrected chi connectivity index (χ4v) is 3.43. The van der Waals surface area contributed by atoms with Crippen LogP contribution < -0.4 is 0 Å². The smallest absolute Gasteiger partial charge is 0.306 e. The number of aliphatic hydroxyl groups excluding tert-OH is 1. The Morgan fingerprint density at radius 3 is 2.33 bits per heavy atom. The van der Waals surface area contributed by atoms with E-state index in [1.165, 1.54) is 13.8 Å². The summed E-state index contributed by atoms with van der Waals surface area (Å²) >= 11 is 0. The molecule has 0 aliphatic rings. The van der Waals surface area contributed by atoms with Crippen molar-refractivity contribution in [1.82, 2.24) is 4.31 Å². The summed E-state index contributed by atoms with van der Waals surface area (Å²) < 4.78 is 52.3. The maximum atomic E-state index is 13.7. The summed E-state index contributed by atoms with van der Waals surface area (Å²) in [6.07, 6.45) is 0. The number of aliphatic hydroxyl groups is 1. The van der Waals surface area contributed by atoms with E-state index in [4.69, 9.17) is 5.11 Å². The van der Waals surface area contributed by atoms with Crippen LogP contribution in [0.15, 0.2) is 17.0 Å². The molecule has 0 heterocycles. The number of nitro groups is 1. The van der Waals surface area contributed by atoms with Crippen LogP contribution in [-0.4, -0.2) is 41.9 Å². The summed E-state index contributed by atoms with van der Waals surface area (Å²) in [6.45, 7) is 2.15. The van der Waals surface area contributed by atoms with Gasteiger partial charge in [-0.25, -0.2) is 12.8 Å². The van der Waals surface area contributed by atoms with Crippen molar-refractivity contribution in [2.75, 3.05) is 13.2 Å². The Labute approximate surface area is 120 Å². The topological polar surface area (TPSA) is 101 Å². The van der Waals surface area contributed by atoms with Crippen LogP contribution in [0, 0.1) is 21.7 Å². The van der Waals surface area contributed by atoms with Gasteiger partial charge in [0.15, 0.2) is 0 Å². The minimum atomic E-state index is -4.44. The van der Waals surface area contributed by atoms with E-state index < -0.39 is 49.8 Å². The summed E-state index contributed by atoms with van der Waals surface area (Å²) in [5, 5.41) is 19.5. The van der Waals surface area contributed by atoms with Gasteiger partial charge in [-0.3, -0.25) is 10.1 Å². The fraction of sp³-hybridized carbons (Fsp3) is 0.455. The van der Waals surface area contributed by atoms with Gasteiger partial charge in [0.2, 0.25) is 15.8 Å². The van der Waals surface area contributed by atoms with Crippen molar-refractivity contribution in [1.29, 1.82) is 0 Å². The first-order valence-corrected chi connectivity index (χ1v) is 7.33. The molecule has 0 atom stereocenters. The van der Waals surface area contributed by atoms with Crippen LogP contribution >= 0.6 is 0 Å². The highest BCUT2D eigenvalue weighted by Crippen LogP contribution is 2.27. The molecule has 10 heteroatoms. The number of hydrogen-bond donors (Lipinski definition) is 1. The first-order chi connectivity index (χ1) is 9.62. The van der Waals surface area contributed by atoms with Crippen molar-refractivity contribution in [3.05, 3.63) is 33.9 Å². The highest BCUT2D eigenvalue weighted by molar-refractivity contribution is 7.89. The molecule has 1 aromatic carbocycles. The molecular formula is C11H14F2N2O5S. The Morgan fingerprint density at radius 2 is 1.90 bits per heavy atom. The highest BCUT2D eigenvalue weighted by atomic mass is 32.2. The monoisotopic (exact) mass is 324 g/mol. The largest absolute Gasteiger partial charge is 0.395 e. The van der Waals surface area contributed by atoms with Crippen LogP contribution in [0.2, 0.25) is 0 Å². The van der Waals surface area contributed by atoms with Gasteiger partial charge in [-0.05, 0) is 13.8 Å². The molecule has 1 N–H and O–H groups in total. The number of rotatable bonds is 6. The second kappa shape index (κ2) is 6.41. The van der Waals surface area contributed by atoms with Crippen molar-refractivity contribution in [2.45, 2.75) is 24.8 Å². The first-order valence-electron chi connectivity index (χ1n) is 5.89. The Balaban J connectivity index is 3.50. The summed E-state index contributed by atoms with van der Waals surface area (Å²) in [5.74, 6) is -2.89. The van der Waals surface area contributed by atoms with E-state index in [1.807, 2.05) is 0 Å².